The molecule has 0 fully saturated rings. The molecule has 21 heavy (non-hydrogen) atoms. The van der Waals surface area contributed by atoms with Crippen molar-refractivity contribution in [1.82, 2.24) is 0 Å². The molecule has 0 radical (unpaired) electrons. The molecular formula is C18H22O2S. The quantitative estimate of drug-likeness (QED) is 0.828. The van der Waals surface area contributed by atoms with Gasteiger partial charge in [0.05, 0.1) is 4.90 Å². The van der Waals surface area contributed by atoms with Crippen molar-refractivity contribution in [2.24, 2.45) is 0 Å². The monoisotopic (exact) mass is 302 g/mol. The first-order valence-electron chi connectivity index (χ1n) is 7.24. The fourth-order valence-electron chi connectivity index (χ4n) is 2.37. The van der Waals surface area contributed by atoms with Crippen LogP contribution in [0.4, 0.5) is 0 Å². The number of rotatable bonds is 4. The first-order chi connectivity index (χ1) is 9.82. The van der Waals surface area contributed by atoms with E-state index >= 15 is 0 Å². The number of aryl methyl sites for hydroxylation is 1. The highest BCUT2D eigenvalue weighted by molar-refractivity contribution is 7.90. The molecule has 2 nitrogen and oxygen atoms in total. The lowest BCUT2D eigenvalue weighted by atomic mass is 9.94. The SMILES string of the molecule is CCC(C)c1ccc(S(C)(=O)=O)c(-c2ccc(C)cc2)c1. The number of hydrogen-bond donors (Lipinski definition) is 0. The van der Waals surface area contributed by atoms with Crippen LogP contribution in [0.3, 0.4) is 0 Å². The highest BCUT2D eigenvalue weighted by atomic mass is 32.2. The summed E-state index contributed by atoms with van der Waals surface area (Å²) in [4.78, 5) is 0.401. The van der Waals surface area contributed by atoms with Crippen LogP contribution in [0.2, 0.25) is 0 Å². The van der Waals surface area contributed by atoms with Gasteiger partial charge in [-0.2, -0.15) is 0 Å². The normalized spacial score (nSPS) is 13.1. The van der Waals surface area contributed by atoms with Crippen LogP contribution < -0.4 is 0 Å². The minimum atomic E-state index is -3.24. The molecule has 0 N–H and O–H groups in total. The highest BCUT2D eigenvalue weighted by Crippen LogP contribution is 2.31. The van der Waals surface area contributed by atoms with Gasteiger partial charge in [-0.05, 0) is 42.5 Å². The van der Waals surface area contributed by atoms with Crippen molar-refractivity contribution in [3.05, 3.63) is 53.6 Å². The van der Waals surface area contributed by atoms with Crippen LogP contribution in [-0.2, 0) is 9.84 Å². The molecule has 1 unspecified atom stereocenters. The van der Waals surface area contributed by atoms with Crippen molar-refractivity contribution in [3.63, 3.8) is 0 Å². The smallest absolute Gasteiger partial charge is 0.176 e. The fraction of sp³-hybridized carbons (Fsp3) is 0.333. The Kier molecular flexibility index (Phi) is 4.52. The third-order valence-electron chi connectivity index (χ3n) is 3.95. The Morgan fingerprint density at radius 1 is 1.05 bits per heavy atom. The van der Waals surface area contributed by atoms with Crippen LogP contribution in [0, 0.1) is 6.92 Å². The van der Waals surface area contributed by atoms with Crippen LogP contribution >= 0.6 is 0 Å². The van der Waals surface area contributed by atoms with Crippen LogP contribution in [-0.4, -0.2) is 14.7 Å². The maximum absolute atomic E-state index is 12.0. The lowest BCUT2D eigenvalue weighted by Crippen LogP contribution is -2.02. The van der Waals surface area contributed by atoms with E-state index in [1.165, 1.54) is 11.8 Å². The maximum Gasteiger partial charge on any atom is 0.176 e. The van der Waals surface area contributed by atoms with E-state index in [1.807, 2.05) is 43.3 Å². The fourth-order valence-corrected chi connectivity index (χ4v) is 3.26. The lowest BCUT2D eigenvalue weighted by Gasteiger charge is -2.14. The predicted octanol–water partition coefficient (Wildman–Crippen LogP) is 4.58. The van der Waals surface area contributed by atoms with Crippen molar-refractivity contribution in [1.29, 1.82) is 0 Å². The zero-order chi connectivity index (χ0) is 15.6. The molecule has 0 heterocycles. The van der Waals surface area contributed by atoms with Crippen molar-refractivity contribution >= 4 is 9.84 Å². The number of sulfone groups is 1. The van der Waals surface area contributed by atoms with Crippen LogP contribution in [0.5, 0.6) is 0 Å². The van der Waals surface area contributed by atoms with Gasteiger partial charge in [-0.1, -0.05) is 49.7 Å². The average Bonchev–Trinajstić information content (AvgIpc) is 2.45. The molecule has 0 bridgehead atoms. The van der Waals surface area contributed by atoms with Crippen LogP contribution in [0.15, 0.2) is 47.4 Å². The number of benzene rings is 2. The van der Waals surface area contributed by atoms with E-state index in [0.717, 1.165) is 23.1 Å². The first-order valence-corrected chi connectivity index (χ1v) is 9.13. The van der Waals surface area contributed by atoms with E-state index in [9.17, 15) is 8.42 Å². The first kappa shape index (κ1) is 15.8. The van der Waals surface area contributed by atoms with E-state index in [1.54, 1.807) is 6.07 Å². The summed E-state index contributed by atoms with van der Waals surface area (Å²) in [5, 5.41) is 0. The molecule has 0 aromatic heterocycles. The summed E-state index contributed by atoms with van der Waals surface area (Å²) >= 11 is 0. The van der Waals surface area contributed by atoms with Gasteiger partial charge < -0.3 is 0 Å². The molecule has 1 atom stereocenters. The lowest BCUT2D eigenvalue weighted by molar-refractivity contribution is 0.602. The summed E-state index contributed by atoms with van der Waals surface area (Å²) in [5.41, 5.74) is 4.10. The Bertz CT molecular complexity index is 728. The summed E-state index contributed by atoms with van der Waals surface area (Å²) in [6.45, 7) is 6.33. The summed E-state index contributed by atoms with van der Waals surface area (Å²) in [7, 11) is -3.24. The third kappa shape index (κ3) is 3.53. The molecule has 0 aliphatic carbocycles. The molecule has 2 aromatic rings. The molecule has 0 spiro atoms. The zero-order valence-electron chi connectivity index (χ0n) is 13.1. The largest absolute Gasteiger partial charge is 0.224 e. The highest BCUT2D eigenvalue weighted by Gasteiger charge is 2.16. The molecule has 0 saturated heterocycles. The van der Waals surface area contributed by atoms with Gasteiger partial charge in [-0.3, -0.25) is 0 Å². The molecule has 112 valence electrons. The van der Waals surface area contributed by atoms with E-state index < -0.39 is 9.84 Å². The molecule has 0 aliphatic rings. The Balaban J connectivity index is 2.66. The van der Waals surface area contributed by atoms with E-state index in [0.29, 0.717) is 10.8 Å². The zero-order valence-corrected chi connectivity index (χ0v) is 13.9. The molecular weight excluding hydrogens is 280 g/mol. The van der Waals surface area contributed by atoms with Crippen LogP contribution in [0.1, 0.15) is 37.3 Å². The predicted molar refractivity (Wildman–Crippen MR) is 88.4 cm³/mol. The molecule has 0 aliphatic heterocycles. The number of hydrogen-bond acceptors (Lipinski definition) is 2. The third-order valence-corrected chi connectivity index (χ3v) is 5.10. The molecule has 0 amide bonds. The Hall–Kier alpha value is -1.61. The van der Waals surface area contributed by atoms with Crippen molar-refractivity contribution < 1.29 is 8.42 Å². The summed E-state index contributed by atoms with van der Waals surface area (Å²) in [6.07, 6.45) is 2.30. The van der Waals surface area contributed by atoms with Crippen molar-refractivity contribution in [2.45, 2.75) is 38.0 Å². The van der Waals surface area contributed by atoms with Crippen LogP contribution in [0.25, 0.3) is 11.1 Å². The van der Waals surface area contributed by atoms with Gasteiger partial charge in [-0.25, -0.2) is 8.42 Å². The van der Waals surface area contributed by atoms with E-state index in [2.05, 4.69) is 13.8 Å². The second-order valence-corrected chi connectivity index (χ2v) is 7.69. The van der Waals surface area contributed by atoms with Gasteiger partial charge in [0.1, 0.15) is 0 Å². The van der Waals surface area contributed by atoms with Crippen molar-refractivity contribution in [2.75, 3.05) is 6.26 Å². The Morgan fingerprint density at radius 2 is 1.67 bits per heavy atom. The molecule has 3 heteroatoms. The minimum absolute atomic E-state index is 0.401. The Morgan fingerprint density at radius 3 is 2.19 bits per heavy atom. The van der Waals surface area contributed by atoms with Crippen molar-refractivity contribution in [3.8, 4) is 11.1 Å². The van der Waals surface area contributed by atoms with Gasteiger partial charge in [0, 0.05) is 11.8 Å². The van der Waals surface area contributed by atoms with Gasteiger partial charge in [0.15, 0.2) is 9.84 Å². The topological polar surface area (TPSA) is 34.1 Å². The molecule has 2 aromatic carbocycles. The second kappa shape index (κ2) is 6.02. The summed E-state index contributed by atoms with van der Waals surface area (Å²) in [6, 6.07) is 13.7. The van der Waals surface area contributed by atoms with Gasteiger partial charge in [-0.15, -0.1) is 0 Å². The van der Waals surface area contributed by atoms with E-state index in [4.69, 9.17) is 0 Å². The summed E-state index contributed by atoms with van der Waals surface area (Å²) in [5.74, 6) is 0.419. The average molecular weight is 302 g/mol. The van der Waals surface area contributed by atoms with Gasteiger partial charge in [0.2, 0.25) is 0 Å². The van der Waals surface area contributed by atoms with Gasteiger partial charge >= 0.3 is 0 Å². The van der Waals surface area contributed by atoms with E-state index in [-0.39, 0.29) is 0 Å². The standard InChI is InChI=1S/C18H22O2S/c1-5-14(3)16-10-11-18(21(4,19)20)17(12-16)15-8-6-13(2)7-9-15/h6-12,14H,5H2,1-4H3. The molecule has 2 rings (SSSR count). The Labute approximate surface area is 127 Å². The molecule has 0 saturated carbocycles. The minimum Gasteiger partial charge on any atom is -0.224 e. The maximum atomic E-state index is 12.0. The second-order valence-electron chi connectivity index (χ2n) is 5.70. The summed E-state index contributed by atoms with van der Waals surface area (Å²) < 4.78 is 24.1. The van der Waals surface area contributed by atoms with Gasteiger partial charge in [0.25, 0.3) is 0 Å².